The fourth-order valence-corrected chi connectivity index (χ4v) is 6.65. The Morgan fingerprint density at radius 3 is 2.27 bits per heavy atom. The van der Waals surface area contributed by atoms with E-state index in [1.807, 2.05) is 37.8 Å². The van der Waals surface area contributed by atoms with Gasteiger partial charge in [-0.15, -0.1) is 0 Å². The number of likely N-dealkylation sites (N-methyl/N-ethyl adjacent to an activating group) is 1. The van der Waals surface area contributed by atoms with E-state index < -0.39 is 11.6 Å². The van der Waals surface area contributed by atoms with Crippen LogP contribution in [0.25, 0.3) is 11.0 Å². The van der Waals surface area contributed by atoms with Gasteiger partial charge in [0.15, 0.2) is 0 Å². The van der Waals surface area contributed by atoms with Crippen LogP contribution in [-0.4, -0.2) is 87.1 Å². The van der Waals surface area contributed by atoms with Crippen LogP contribution >= 0.6 is 0 Å². The summed E-state index contributed by atoms with van der Waals surface area (Å²) in [5, 5.41) is 0. The third kappa shape index (κ3) is 5.55. The smallest absolute Gasteiger partial charge is 0.410 e. The summed E-state index contributed by atoms with van der Waals surface area (Å²) in [6, 6.07) is 5.37. The Balaban J connectivity index is 1.23. The molecule has 0 N–H and O–H groups in total. The molecule has 1 unspecified atom stereocenters. The average Bonchev–Trinajstić information content (AvgIpc) is 3.17. The zero-order valence-corrected chi connectivity index (χ0v) is 24.5. The summed E-state index contributed by atoms with van der Waals surface area (Å²) in [7, 11) is 3.28. The van der Waals surface area contributed by atoms with Gasteiger partial charge in [0.2, 0.25) is 5.91 Å². The molecule has 40 heavy (non-hydrogen) atoms. The van der Waals surface area contributed by atoms with Crippen LogP contribution in [0.1, 0.15) is 76.8 Å². The molecular weight excluding hydrogens is 510 g/mol. The first-order chi connectivity index (χ1) is 18.9. The van der Waals surface area contributed by atoms with E-state index in [4.69, 9.17) is 4.74 Å². The molecule has 3 saturated heterocycles. The number of benzene rings is 1. The average molecular weight is 554 g/mol. The number of amides is 3. The molecule has 10 heteroatoms. The fraction of sp³-hybridized carbons (Fsp3) is 0.667. The number of likely N-dealkylation sites (tertiary alicyclic amines) is 3. The standard InChI is InChI=1S/C30H43N5O5/c1-30(2,3)40-29(39)34-17-11-20(12-18-34)19-33-15-13-21(14-16-33)22-7-6-8-23-26(22)32(5)28(38)35(23)24-9-10-25(36)31(4)27(24)37/h6-8,20-21,24H,9-19H2,1-5H3. The third-order valence-corrected chi connectivity index (χ3v) is 8.88. The van der Waals surface area contributed by atoms with Crippen molar-refractivity contribution < 1.29 is 19.1 Å². The van der Waals surface area contributed by atoms with E-state index in [0.717, 1.165) is 79.9 Å². The molecule has 3 aliphatic heterocycles. The first kappa shape index (κ1) is 28.4. The molecule has 3 amide bonds. The molecule has 1 aromatic heterocycles. The topological polar surface area (TPSA) is 97.1 Å². The maximum Gasteiger partial charge on any atom is 0.410 e. The van der Waals surface area contributed by atoms with Crippen molar-refractivity contribution in [1.29, 1.82) is 0 Å². The molecule has 5 rings (SSSR count). The Morgan fingerprint density at radius 1 is 0.950 bits per heavy atom. The number of aryl methyl sites for hydroxylation is 1. The summed E-state index contributed by atoms with van der Waals surface area (Å²) < 4.78 is 8.81. The van der Waals surface area contributed by atoms with Gasteiger partial charge in [-0.25, -0.2) is 9.59 Å². The first-order valence-electron chi connectivity index (χ1n) is 14.6. The SMILES string of the molecule is CN1C(=O)CCC(n2c(=O)n(C)c3c(C4CCN(CC5CCN(C(=O)OC(C)(C)C)CC5)CC4)cccc32)C1=O. The van der Waals surface area contributed by atoms with Crippen molar-refractivity contribution >= 4 is 28.9 Å². The van der Waals surface area contributed by atoms with E-state index >= 15 is 0 Å². The summed E-state index contributed by atoms with van der Waals surface area (Å²) in [5.41, 5.74) is 2.15. The van der Waals surface area contributed by atoms with Gasteiger partial charge in [-0.3, -0.25) is 23.6 Å². The van der Waals surface area contributed by atoms with Gasteiger partial charge in [-0.1, -0.05) is 12.1 Å². The zero-order valence-electron chi connectivity index (χ0n) is 24.5. The maximum atomic E-state index is 13.4. The van der Waals surface area contributed by atoms with Gasteiger partial charge < -0.3 is 14.5 Å². The van der Waals surface area contributed by atoms with Gasteiger partial charge in [0, 0.05) is 40.2 Å². The highest BCUT2D eigenvalue weighted by Gasteiger charge is 2.36. The van der Waals surface area contributed by atoms with Crippen LogP contribution in [0.2, 0.25) is 0 Å². The van der Waals surface area contributed by atoms with Crippen LogP contribution in [0.4, 0.5) is 4.79 Å². The molecule has 0 aliphatic carbocycles. The number of rotatable bonds is 4. The number of imide groups is 1. The second-order valence-electron chi connectivity index (χ2n) is 12.8. The van der Waals surface area contributed by atoms with Crippen LogP contribution in [-0.2, 0) is 21.4 Å². The zero-order chi connectivity index (χ0) is 28.8. The number of imidazole rings is 1. The lowest BCUT2D eigenvalue weighted by Crippen LogP contribution is -2.45. The molecule has 3 aliphatic rings. The number of hydrogen-bond donors (Lipinski definition) is 0. The number of carbonyl (C=O) groups is 3. The second-order valence-corrected chi connectivity index (χ2v) is 12.8. The number of fused-ring (bicyclic) bond motifs is 1. The molecule has 10 nitrogen and oxygen atoms in total. The second kappa shape index (κ2) is 11.0. The minimum Gasteiger partial charge on any atom is -0.444 e. The number of carbonyl (C=O) groups excluding carboxylic acids is 3. The van der Waals surface area contributed by atoms with Crippen LogP contribution in [0.15, 0.2) is 23.0 Å². The highest BCUT2D eigenvalue weighted by Crippen LogP contribution is 2.35. The van der Waals surface area contributed by atoms with Crippen LogP contribution in [0.3, 0.4) is 0 Å². The van der Waals surface area contributed by atoms with Gasteiger partial charge in [-0.2, -0.15) is 0 Å². The first-order valence-corrected chi connectivity index (χ1v) is 14.6. The monoisotopic (exact) mass is 553 g/mol. The highest BCUT2D eigenvalue weighted by molar-refractivity contribution is 6.00. The van der Waals surface area contributed by atoms with Crippen molar-refractivity contribution in [2.75, 3.05) is 39.8 Å². The van der Waals surface area contributed by atoms with E-state index in [0.29, 0.717) is 18.3 Å². The van der Waals surface area contributed by atoms with Gasteiger partial charge in [-0.05, 0) is 89.4 Å². The lowest BCUT2D eigenvalue weighted by molar-refractivity contribution is -0.149. The predicted molar refractivity (Wildman–Crippen MR) is 152 cm³/mol. The minimum atomic E-state index is -0.655. The van der Waals surface area contributed by atoms with E-state index in [2.05, 4.69) is 11.0 Å². The Hall–Kier alpha value is -3.14. The van der Waals surface area contributed by atoms with Gasteiger partial charge in [0.05, 0.1) is 11.0 Å². The number of aromatic nitrogens is 2. The molecule has 0 spiro atoms. The van der Waals surface area contributed by atoms with Crippen molar-refractivity contribution in [1.82, 2.24) is 23.8 Å². The molecule has 0 saturated carbocycles. The molecular formula is C30H43N5O5. The normalized spacial score (nSPS) is 22.4. The Morgan fingerprint density at radius 2 is 1.62 bits per heavy atom. The number of ether oxygens (including phenoxy) is 1. The highest BCUT2D eigenvalue weighted by atomic mass is 16.6. The Kier molecular flexibility index (Phi) is 7.83. The maximum absolute atomic E-state index is 13.4. The molecule has 1 aromatic carbocycles. The van der Waals surface area contributed by atoms with E-state index in [1.54, 1.807) is 16.2 Å². The van der Waals surface area contributed by atoms with Gasteiger partial charge >= 0.3 is 11.8 Å². The summed E-state index contributed by atoms with van der Waals surface area (Å²) in [6.07, 6.45) is 4.40. The largest absolute Gasteiger partial charge is 0.444 e. The molecule has 0 radical (unpaired) electrons. The van der Waals surface area contributed by atoms with Crippen molar-refractivity contribution in [3.8, 4) is 0 Å². The molecule has 3 fully saturated rings. The van der Waals surface area contributed by atoms with Crippen molar-refractivity contribution in [2.45, 2.75) is 76.9 Å². The summed E-state index contributed by atoms with van der Waals surface area (Å²) >= 11 is 0. The third-order valence-electron chi connectivity index (χ3n) is 8.88. The summed E-state index contributed by atoms with van der Waals surface area (Å²) in [6.45, 7) is 10.2. The quantitative estimate of drug-likeness (QED) is 0.538. The molecule has 0 bridgehead atoms. The molecule has 1 atom stereocenters. The number of piperidine rings is 3. The van der Waals surface area contributed by atoms with Crippen LogP contribution < -0.4 is 5.69 Å². The molecule has 218 valence electrons. The lowest BCUT2D eigenvalue weighted by atomic mass is 9.87. The van der Waals surface area contributed by atoms with Gasteiger partial charge in [0.25, 0.3) is 5.91 Å². The number of nitrogens with zero attached hydrogens (tertiary/aromatic N) is 5. The fourth-order valence-electron chi connectivity index (χ4n) is 6.65. The predicted octanol–water partition coefficient (Wildman–Crippen LogP) is 3.49. The summed E-state index contributed by atoms with van der Waals surface area (Å²) in [5.74, 6) is 0.394. The minimum absolute atomic E-state index is 0.199. The summed E-state index contributed by atoms with van der Waals surface area (Å²) in [4.78, 5) is 56.3. The molecule has 2 aromatic rings. The van der Waals surface area contributed by atoms with Crippen LogP contribution in [0.5, 0.6) is 0 Å². The Labute approximate surface area is 235 Å². The molecule has 4 heterocycles. The van der Waals surface area contributed by atoms with Crippen molar-refractivity contribution in [2.24, 2.45) is 13.0 Å². The van der Waals surface area contributed by atoms with E-state index in [1.165, 1.54) is 7.05 Å². The number of para-hydroxylation sites is 1. The van der Waals surface area contributed by atoms with E-state index in [9.17, 15) is 19.2 Å². The van der Waals surface area contributed by atoms with Crippen molar-refractivity contribution in [3.63, 3.8) is 0 Å². The Bertz CT molecular complexity index is 1340. The van der Waals surface area contributed by atoms with Crippen LogP contribution in [0, 0.1) is 5.92 Å². The van der Waals surface area contributed by atoms with E-state index in [-0.39, 0.29) is 30.0 Å². The van der Waals surface area contributed by atoms with Gasteiger partial charge in [0.1, 0.15) is 11.6 Å². The lowest BCUT2D eigenvalue weighted by Gasteiger charge is -2.38. The number of hydrogen-bond acceptors (Lipinski definition) is 6. The van der Waals surface area contributed by atoms with Crippen molar-refractivity contribution in [3.05, 3.63) is 34.2 Å².